The first-order chi connectivity index (χ1) is 8.56. The van der Waals surface area contributed by atoms with Crippen molar-refractivity contribution in [3.63, 3.8) is 0 Å². The van der Waals surface area contributed by atoms with Crippen molar-refractivity contribution in [1.82, 2.24) is 10.2 Å². The van der Waals surface area contributed by atoms with Crippen LogP contribution in [0.5, 0.6) is 5.75 Å². The maximum absolute atomic E-state index is 13.4. The molecule has 1 aromatic carbocycles. The Balaban J connectivity index is 2.19. The van der Waals surface area contributed by atoms with E-state index < -0.39 is 11.7 Å². The molecule has 1 amide bonds. The molecule has 2 N–H and O–H groups in total. The molecule has 0 aliphatic rings. The fraction of sp³-hybridized carbons (Fsp3) is 0. The lowest BCUT2D eigenvalue weighted by Gasteiger charge is -2.04. The Morgan fingerprint density at radius 1 is 1.28 bits per heavy atom. The zero-order valence-corrected chi connectivity index (χ0v) is 9.65. The number of benzene rings is 1. The molecule has 0 saturated carbocycles. The smallest absolute Gasteiger partial charge is 0.259 e. The summed E-state index contributed by atoms with van der Waals surface area (Å²) in [6, 6.07) is 6.11. The summed E-state index contributed by atoms with van der Waals surface area (Å²) in [7, 11) is 0. The molecular formula is C11H7ClFN3O2. The highest BCUT2D eigenvalue weighted by molar-refractivity contribution is 6.29. The van der Waals surface area contributed by atoms with E-state index in [1.54, 1.807) is 0 Å². The quantitative estimate of drug-likeness (QED) is 0.875. The molecule has 0 aliphatic heterocycles. The maximum atomic E-state index is 13.4. The number of anilines is 1. The summed E-state index contributed by atoms with van der Waals surface area (Å²) < 4.78 is 13.4. The van der Waals surface area contributed by atoms with Gasteiger partial charge in [-0.1, -0.05) is 11.6 Å². The Labute approximate surface area is 106 Å². The van der Waals surface area contributed by atoms with E-state index in [0.29, 0.717) is 0 Å². The number of amides is 1. The number of carbonyl (C=O) groups excluding carboxylic acids is 1. The molecule has 7 heteroatoms. The predicted octanol–water partition coefficient (Wildman–Crippen LogP) is 2.23. The minimum Gasteiger partial charge on any atom is -0.508 e. The molecule has 1 aromatic heterocycles. The van der Waals surface area contributed by atoms with Crippen LogP contribution in [0.4, 0.5) is 10.2 Å². The number of halogens is 2. The first kappa shape index (κ1) is 12.3. The van der Waals surface area contributed by atoms with Crippen LogP contribution in [0, 0.1) is 5.82 Å². The largest absolute Gasteiger partial charge is 0.508 e. The summed E-state index contributed by atoms with van der Waals surface area (Å²) in [6.45, 7) is 0. The highest BCUT2D eigenvalue weighted by Crippen LogP contribution is 2.16. The van der Waals surface area contributed by atoms with Gasteiger partial charge in [0.25, 0.3) is 5.91 Å². The fourth-order valence-electron chi connectivity index (χ4n) is 1.25. The lowest BCUT2D eigenvalue weighted by Crippen LogP contribution is -2.14. The van der Waals surface area contributed by atoms with Gasteiger partial charge in [0.1, 0.15) is 11.6 Å². The molecule has 0 bridgehead atoms. The molecule has 2 rings (SSSR count). The van der Waals surface area contributed by atoms with Crippen LogP contribution in [0.15, 0.2) is 30.3 Å². The minimum absolute atomic E-state index is 0.150. The van der Waals surface area contributed by atoms with Gasteiger partial charge >= 0.3 is 0 Å². The third kappa shape index (κ3) is 2.72. The summed E-state index contributed by atoms with van der Waals surface area (Å²) in [6.07, 6.45) is 0. The fourth-order valence-corrected chi connectivity index (χ4v) is 1.36. The van der Waals surface area contributed by atoms with Gasteiger partial charge in [0, 0.05) is 6.07 Å². The summed E-state index contributed by atoms with van der Waals surface area (Å²) in [5.74, 6) is -1.62. The number of carbonyl (C=O) groups is 1. The second-order valence-corrected chi connectivity index (χ2v) is 3.75. The van der Waals surface area contributed by atoms with Gasteiger partial charge in [-0.2, -0.15) is 0 Å². The molecule has 0 fully saturated rings. The Bertz CT molecular complexity index is 589. The summed E-state index contributed by atoms with van der Waals surface area (Å²) in [5, 5.41) is 18.7. The van der Waals surface area contributed by atoms with E-state index in [1.807, 2.05) is 0 Å². The zero-order valence-electron chi connectivity index (χ0n) is 8.89. The SMILES string of the molecule is O=C(Nc1ccc(Cl)nn1)c1ccc(O)cc1F. The topological polar surface area (TPSA) is 75.1 Å². The number of hydrogen-bond donors (Lipinski definition) is 2. The molecule has 1 heterocycles. The number of nitrogens with zero attached hydrogens (tertiary/aromatic N) is 2. The highest BCUT2D eigenvalue weighted by Gasteiger charge is 2.13. The van der Waals surface area contributed by atoms with Crippen molar-refractivity contribution in [2.24, 2.45) is 0 Å². The Hall–Kier alpha value is -2.21. The average Bonchev–Trinajstić information content (AvgIpc) is 2.32. The molecule has 2 aromatic rings. The number of nitrogens with one attached hydrogen (secondary N) is 1. The van der Waals surface area contributed by atoms with Crippen molar-refractivity contribution in [1.29, 1.82) is 0 Å². The van der Waals surface area contributed by atoms with Crippen LogP contribution >= 0.6 is 11.6 Å². The van der Waals surface area contributed by atoms with Gasteiger partial charge in [0.05, 0.1) is 5.56 Å². The van der Waals surface area contributed by atoms with Crippen LogP contribution in [0.25, 0.3) is 0 Å². The van der Waals surface area contributed by atoms with Gasteiger partial charge in [0.15, 0.2) is 11.0 Å². The van der Waals surface area contributed by atoms with Gasteiger partial charge < -0.3 is 10.4 Å². The summed E-state index contributed by atoms with van der Waals surface area (Å²) >= 11 is 5.53. The average molecular weight is 268 g/mol. The van der Waals surface area contributed by atoms with Crippen LogP contribution in [0.1, 0.15) is 10.4 Å². The van der Waals surface area contributed by atoms with Crippen molar-refractivity contribution < 1.29 is 14.3 Å². The molecule has 0 saturated heterocycles. The molecule has 0 atom stereocenters. The van der Waals surface area contributed by atoms with Crippen molar-refractivity contribution in [3.8, 4) is 5.75 Å². The maximum Gasteiger partial charge on any atom is 0.259 e. The predicted molar refractivity (Wildman–Crippen MR) is 63.1 cm³/mol. The third-order valence-corrected chi connectivity index (χ3v) is 2.27. The number of aromatic hydroxyl groups is 1. The van der Waals surface area contributed by atoms with E-state index in [0.717, 1.165) is 6.07 Å². The van der Waals surface area contributed by atoms with Crippen LogP contribution < -0.4 is 5.32 Å². The number of hydrogen-bond acceptors (Lipinski definition) is 4. The van der Waals surface area contributed by atoms with E-state index in [1.165, 1.54) is 24.3 Å². The van der Waals surface area contributed by atoms with Crippen molar-refractivity contribution in [2.75, 3.05) is 5.32 Å². The van der Waals surface area contributed by atoms with Gasteiger partial charge in [-0.25, -0.2) is 4.39 Å². The summed E-state index contributed by atoms with van der Waals surface area (Å²) in [5.41, 5.74) is -0.204. The molecule has 0 unspecified atom stereocenters. The standard InChI is InChI=1S/C11H7ClFN3O2/c12-9-3-4-10(16-15-9)14-11(18)7-2-1-6(17)5-8(7)13/h1-5,17H,(H,14,16,18). The second-order valence-electron chi connectivity index (χ2n) is 3.36. The molecule has 0 spiro atoms. The Morgan fingerprint density at radius 2 is 2.06 bits per heavy atom. The first-order valence-corrected chi connectivity index (χ1v) is 5.23. The van der Waals surface area contributed by atoms with E-state index in [2.05, 4.69) is 15.5 Å². The first-order valence-electron chi connectivity index (χ1n) is 4.85. The Morgan fingerprint density at radius 3 is 2.67 bits per heavy atom. The van der Waals surface area contributed by atoms with Crippen LogP contribution in [0.3, 0.4) is 0 Å². The van der Waals surface area contributed by atoms with E-state index in [-0.39, 0.29) is 22.3 Å². The van der Waals surface area contributed by atoms with Crippen molar-refractivity contribution in [2.45, 2.75) is 0 Å². The molecular weight excluding hydrogens is 261 g/mol. The van der Waals surface area contributed by atoms with E-state index in [4.69, 9.17) is 16.7 Å². The lowest BCUT2D eigenvalue weighted by atomic mass is 10.2. The van der Waals surface area contributed by atoms with Crippen LogP contribution in [-0.2, 0) is 0 Å². The molecule has 5 nitrogen and oxygen atoms in total. The molecule has 18 heavy (non-hydrogen) atoms. The number of phenolic OH excluding ortho intramolecular Hbond substituents is 1. The van der Waals surface area contributed by atoms with Crippen molar-refractivity contribution in [3.05, 3.63) is 46.9 Å². The van der Waals surface area contributed by atoms with Gasteiger partial charge in [0.2, 0.25) is 0 Å². The molecule has 0 radical (unpaired) electrons. The van der Waals surface area contributed by atoms with Crippen LogP contribution in [0.2, 0.25) is 5.15 Å². The van der Waals surface area contributed by atoms with Gasteiger partial charge in [-0.15, -0.1) is 10.2 Å². The normalized spacial score (nSPS) is 10.1. The number of phenols is 1. The molecule has 0 aliphatic carbocycles. The number of rotatable bonds is 2. The second kappa shape index (κ2) is 4.97. The molecule has 92 valence electrons. The van der Waals surface area contributed by atoms with Gasteiger partial charge in [-0.05, 0) is 24.3 Å². The van der Waals surface area contributed by atoms with Crippen LogP contribution in [-0.4, -0.2) is 21.2 Å². The van der Waals surface area contributed by atoms with E-state index >= 15 is 0 Å². The monoisotopic (exact) mass is 267 g/mol. The zero-order chi connectivity index (χ0) is 13.1. The minimum atomic E-state index is -0.825. The van der Waals surface area contributed by atoms with Gasteiger partial charge in [-0.3, -0.25) is 4.79 Å². The highest BCUT2D eigenvalue weighted by atomic mass is 35.5. The van der Waals surface area contributed by atoms with Crippen molar-refractivity contribution >= 4 is 23.3 Å². The number of aromatic nitrogens is 2. The third-order valence-electron chi connectivity index (χ3n) is 2.07. The summed E-state index contributed by atoms with van der Waals surface area (Å²) in [4.78, 5) is 11.7. The Kier molecular flexibility index (Phi) is 3.38. The lowest BCUT2D eigenvalue weighted by molar-refractivity contribution is 0.102. The van der Waals surface area contributed by atoms with E-state index in [9.17, 15) is 9.18 Å².